The van der Waals surface area contributed by atoms with E-state index >= 15 is 0 Å². The van der Waals surface area contributed by atoms with E-state index in [0.717, 1.165) is 0 Å². The van der Waals surface area contributed by atoms with Crippen LogP contribution in [0.5, 0.6) is 0 Å². The summed E-state index contributed by atoms with van der Waals surface area (Å²) in [4.78, 5) is 0. The molecule has 0 nitrogen and oxygen atoms in total. The zero-order valence-electron chi connectivity index (χ0n) is 11.5. The van der Waals surface area contributed by atoms with Crippen LogP contribution in [0.2, 0.25) is 0 Å². The molecule has 0 aliphatic heterocycles. The quantitative estimate of drug-likeness (QED) is 0.240. The van der Waals surface area contributed by atoms with E-state index in [1.165, 1.54) is 0 Å². The Hall–Kier alpha value is -0.950. The van der Waals surface area contributed by atoms with Gasteiger partial charge in [-0.25, -0.2) is 0 Å². The van der Waals surface area contributed by atoms with Gasteiger partial charge in [-0.1, -0.05) is 0 Å². The van der Waals surface area contributed by atoms with Gasteiger partial charge in [0.1, 0.15) is 0 Å². The second-order valence-electron chi connectivity index (χ2n) is 4.77. The average molecular weight is 448 g/mol. The predicted molar refractivity (Wildman–Crippen MR) is 56.1 cm³/mol. The van der Waals surface area contributed by atoms with Crippen molar-refractivity contribution in [3.8, 4) is 0 Å². The van der Waals surface area contributed by atoms with Crippen LogP contribution in [0.3, 0.4) is 0 Å². The van der Waals surface area contributed by atoms with Crippen LogP contribution in [0.15, 0.2) is 12.7 Å². The van der Waals surface area contributed by atoms with Crippen molar-refractivity contribution in [3.05, 3.63) is 12.7 Å². The summed E-state index contributed by atoms with van der Waals surface area (Å²) in [5.74, 6) is 0. The molecule has 0 N–H and O–H groups in total. The summed E-state index contributed by atoms with van der Waals surface area (Å²) >= 11 is 0. The zero-order valence-corrected chi connectivity index (χ0v) is 12.4. The monoisotopic (exact) mass is 448 g/mol. The summed E-state index contributed by atoms with van der Waals surface area (Å²) in [6.45, 7) is -9.44. The van der Waals surface area contributed by atoms with Gasteiger partial charge >= 0.3 is 131 Å². The molecule has 0 fully saturated rings. The molecular weight excluding hydrogens is 443 g/mol. The number of allylic oxidation sites excluding steroid dienone is 1. The number of halogens is 16. The molecule has 0 aliphatic rings. The van der Waals surface area contributed by atoms with Gasteiger partial charge in [0.05, 0.1) is 0 Å². The van der Waals surface area contributed by atoms with Crippen molar-refractivity contribution in [1.82, 2.24) is 0 Å². The fourth-order valence-electron chi connectivity index (χ4n) is 1.91. The van der Waals surface area contributed by atoms with E-state index in [1.54, 1.807) is 0 Å². The fourth-order valence-corrected chi connectivity index (χ4v) is 5.73. The molecule has 0 aromatic carbocycles. The van der Waals surface area contributed by atoms with Gasteiger partial charge in [-0.05, 0) is 0 Å². The van der Waals surface area contributed by atoms with E-state index < -0.39 is 54.7 Å². The molecule has 158 valence electrons. The average Bonchev–Trinajstić information content (AvgIpc) is 2.33. The molecule has 0 radical (unpaired) electrons. The van der Waals surface area contributed by atoms with Crippen molar-refractivity contribution in [2.24, 2.45) is 0 Å². The van der Waals surface area contributed by atoms with Gasteiger partial charge in [0.15, 0.2) is 0 Å². The van der Waals surface area contributed by atoms with Gasteiger partial charge in [-0.15, -0.1) is 0 Å². The van der Waals surface area contributed by atoms with Gasteiger partial charge in [0.2, 0.25) is 0 Å². The number of hydrogen-bond acceptors (Lipinski definition) is 0. The molecule has 0 saturated carbocycles. The molecular formula is C9H5F16P. The summed E-state index contributed by atoms with van der Waals surface area (Å²) in [7, 11) is 0. The third-order valence-corrected chi connectivity index (χ3v) is 8.47. The Morgan fingerprint density at radius 3 is 0.846 bits per heavy atom. The van der Waals surface area contributed by atoms with Crippen LogP contribution in [-0.2, 0) is 0 Å². The Balaban J connectivity index is 7.84. The van der Waals surface area contributed by atoms with Crippen molar-refractivity contribution >= 4 is 6.91 Å². The molecule has 0 aromatic rings. The van der Waals surface area contributed by atoms with Crippen LogP contribution in [0.1, 0.15) is 0 Å². The fraction of sp³-hybridized carbons (Fsp3) is 0.778. The molecule has 0 rings (SSSR count). The first-order valence-corrected chi connectivity index (χ1v) is 7.87. The van der Waals surface area contributed by atoms with Crippen LogP contribution in [0.25, 0.3) is 0 Å². The van der Waals surface area contributed by atoms with Gasteiger partial charge in [0, 0.05) is 0 Å². The van der Waals surface area contributed by atoms with Crippen molar-refractivity contribution < 1.29 is 70.1 Å². The summed E-state index contributed by atoms with van der Waals surface area (Å²) < 4.78 is 206. The Bertz CT molecular complexity index is 480. The van der Waals surface area contributed by atoms with Crippen LogP contribution >= 0.6 is 6.91 Å². The summed E-state index contributed by atoms with van der Waals surface area (Å²) in [5, 5.41) is 0. The SMILES string of the molecule is C=CCP(F)(C(F)(F)C(F)(F)F)(C(F)(F)C(F)(F)F)C(F)(F)C(F)(F)F. The third-order valence-electron chi connectivity index (χ3n) is 3.25. The first-order valence-electron chi connectivity index (χ1n) is 5.56. The van der Waals surface area contributed by atoms with Crippen LogP contribution in [-0.4, -0.2) is 41.7 Å². The molecule has 0 aromatic heterocycles. The molecule has 0 heterocycles. The van der Waals surface area contributed by atoms with Crippen LogP contribution < -0.4 is 0 Å². The van der Waals surface area contributed by atoms with Gasteiger partial charge in [-0.3, -0.25) is 0 Å². The Kier molecular flexibility index (Phi) is 5.56. The van der Waals surface area contributed by atoms with Crippen LogP contribution in [0, 0.1) is 0 Å². The third kappa shape index (κ3) is 2.49. The molecule has 0 bridgehead atoms. The Morgan fingerprint density at radius 1 is 0.538 bits per heavy atom. The van der Waals surface area contributed by atoms with E-state index in [0.29, 0.717) is 0 Å². The molecule has 0 spiro atoms. The predicted octanol–water partition coefficient (Wildman–Crippen LogP) is 7.08. The number of hydrogen-bond donors (Lipinski definition) is 0. The van der Waals surface area contributed by atoms with Crippen molar-refractivity contribution in [3.63, 3.8) is 0 Å². The Morgan fingerprint density at radius 2 is 0.731 bits per heavy atom. The van der Waals surface area contributed by atoms with E-state index in [9.17, 15) is 70.1 Å². The van der Waals surface area contributed by atoms with E-state index in [4.69, 9.17) is 0 Å². The summed E-state index contributed by atoms with van der Waals surface area (Å²) in [6.07, 6.45) is -28.9. The zero-order chi connectivity index (χ0) is 21.9. The molecule has 17 heteroatoms. The maximum absolute atomic E-state index is 14.7. The van der Waals surface area contributed by atoms with Gasteiger partial charge in [-0.2, -0.15) is 0 Å². The standard InChI is InChI=1S/C9H5F16P/c1-2-3-26(25,7(19,20)4(10,11)12,8(21,22)5(13,14)15)9(23,24)6(16,17)18/h2H,1,3H2. The first kappa shape index (κ1) is 25.1. The normalized spacial score (nSPS) is 17.6. The Labute approximate surface area is 132 Å². The molecule has 0 unspecified atom stereocenters. The molecule has 26 heavy (non-hydrogen) atoms. The second-order valence-corrected chi connectivity index (χ2v) is 9.19. The minimum absolute atomic E-state index is 1.06. The molecule has 0 amide bonds. The van der Waals surface area contributed by atoms with Crippen molar-refractivity contribution in [2.75, 3.05) is 6.16 Å². The van der Waals surface area contributed by atoms with Gasteiger partial charge in [0.25, 0.3) is 0 Å². The topological polar surface area (TPSA) is 0 Å². The van der Waals surface area contributed by atoms with E-state index in [2.05, 4.69) is 0 Å². The first-order chi connectivity index (χ1) is 10.9. The molecule has 0 aliphatic carbocycles. The summed E-state index contributed by atoms with van der Waals surface area (Å²) in [6, 6.07) is 0. The van der Waals surface area contributed by atoms with Crippen molar-refractivity contribution in [2.45, 2.75) is 35.5 Å². The molecule has 0 atom stereocenters. The van der Waals surface area contributed by atoms with E-state index in [-0.39, 0.29) is 0 Å². The molecule has 0 saturated heterocycles. The van der Waals surface area contributed by atoms with Crippen molar-refractivity contribution in [1.29, 1.82) is 0 Å². The summed E-state index contributed by atoms with van der Waals surface area (Å²) in [5.41, 5.74) is -25.3. The minimum atomic E-state index is -11.4. The second kappa shape index (κ2) is 5.77. The number of rotatable bonds is 5. The maximum atomic E-state index is 14.7. The van der Waals surface area contributed by atoms with Crippen LogP contribution in [0.4, 0.5) is 70.1 Å². The number of alkyl halides is 15. The van der Waals surface area contributed by atoms with Gasteiger partial charge < -0.3 is 0 Å². The van der Waals surface area contributed by atoms with E-state index in [1.807, 2.05) is 6.58 Å².